The van der Waals surface area contributed by atoms with Crippen LogP contribution in [0.4, 0.5) is 11.6 Å². The Hall–Kier alpha value is -3.43. The van der Waals surface area contributed by atoms with Crippen molar-refractivity contribution in [1.29, 1.82) is 0 Å². The lowest BCUT2D eigenvalue weighted by molar-refractivity contribution is -0.385. The minimum Gasteiger partial charge on any atom is -0.502 e. The summed E-state index contributed by atoms with van der Waals surface area (Å²) in [6.45, 7) is 5.15. The average Bonchev–Trinajstić information content (AvgIpc) is 3.00. The first-order chi connectivity index (χ1) is 12.3. The Kier molecular flexibility index (Phi) is 4.33. The zero-order valence-corrected chi connectivity index (χ0v) is 14.3. The van der Waals surface area contributed by atoms with Crippen LogP contribution in [-0.2, 0) is 9.53 Å². The smallest absolute Gasteiger partial charge is 0.338 e. The number of benzene rings is 1. The molecule has 0 saturated carbocycles. The van der Waals surface area contributed by atoms with Gasteiger partial charge in [0.15, 0.2) is 5.75 Å². The minimum atomic E-state index is -0.778. The molecule has 10 nitrogen and oxygen atoms in total. The van der Waals surface area contributed by atoms with Crippen LogP contribution < -0.4 is 5.32 Å². The molecule has 136 valence electrons. The number of carbonyl (C=O) groups excluding carboxylic acids is 1. The minimum absolute atomic E-state index is 0.261. The average molecular weight is 359 g/mol. The van der Waals surface area contributed by atoms with Gasteiger partial charge in [-0.05, 0) is 32.4 Å². The molecule has 10 heteroatoms. The number of nitro benzene ring substituents is 1. The van der Waals surface area contributed by atoms with Crippen molar-refractivity contribution >= 4 is 17.6 Å². The molecule has 0 bridgehead atoms. The highest BCUT2D eigenvalue weighted by Gasteiger charge is 2.35. The molecule has 0 radical (unpaired) electrons. The van der Waals surface area contributed by atoms with Gasteiger partial charge < -0.3 is 15.2 Å². The normalized spacial score (nSPS) is 16.2. The van der Waals surface area contributed by atoms with Crippen LogP contribution in [0, 0.1) is 10.1 Å². The topological polar surface area (TPSA) is 132 Å². The van der Waals surface area contributed by atoms with Gasteiger partial charge in [0.05, 0.1) is 16.6 Å². The van der Waals surface area contributed by atoms with Crippen molar-refractivity contribution in [3.63, 3.8) is 0 Å². The Bertz CT molecular complexity index is 918. The predicted octanol–water partition coefficient (Wildman–Crippen LogP) is 2.13. The Morgan fingerprint density at radius 3 is 2.85 bits per heavy atom. The molecular formula is C16H17N5O5. The molecule has 26 heavy (non-hydrogen) atoms. The van der Waals surface area contributed by atoms with Gasteiger partial charge in [0.25, 0.3) is 0 Å². The first-order valence-electron chi connectivity index (χ1n) is 7.85. The standard InChI is InChI=1S/C16H17N5O5/c1-8(2)26-15(23)13-9(3)19-16-17-7-18-20(16)14(13)10-4-5-12(22)11(6-10)21(24)25/h4-8,14,22H,1-3H3,(H,17,18,19)/t14-/m1/s1. The number of allylic oxidation sites excluding steroid dienone is 1. The van der Waals surface area contributed by atoms with E-state index >= 15 is 0 Å². The van der Waals surface area contributed by atoms with E-state index in [9.17, 15) is 20.0 Å². The highest BCUT2D eigenvalue weighted by molar-refractivity contribution is 5.92. The number of anilines is 1. The van der Waals surface area contributed by atoms with Crippen molar-refractivity contribution in [2.45, 2.75) is 32.9 Å². The van der Waals surface area contributed by atoms with Crippen LogP contribution in [-0.4, -0.2) is 36.9 Å². The molecule has 2 aromatic rings. The van der Waals surface area contributed by atoms with Gasteiger partial charge in [0.1, 0.15) is 12.4 Å². The number of hydrogen-bond acceptors (Lipinski definition) is 8. The summed E-state index contributed by atoms with van der Waals surface area (Å²) in [5, 5.41) is 28.0. The van der Waals surface area contributed by atoms with Crippen molar-refractivity contribution in [1.82, 2.24) is 14.8 Å². The van der Waals surface area contributed by atoms with Crippen molar-refractivity contribution in [2.24, 2.45) is 0 Å². The van der Waals surface area contributed by atoms with Crippen LogP contribution >= 0.6 is 0 Å². The number of nitro groups is 1. The maximum Gasteiger partial charge on any atom is 0.338 e. The van der Waals surface area contributed by atoms with E-state index in [1.165, 1.54) is 29.2 Å². The molecule has 1 aliphatic heterocycles. The number of rotatable bonds is 4. The van der Waals surface area contributed by atoms with E-state index in [0.29, 0.717) is 17.2 Å². The van der Waals surface area contributed by atoms with Gasteiger partial charge in [-0.15, -0.1) is 0 Å². The van der Waals surface area contributed by atoms with Crippen LogP contribution in [0.3, 0.4) is 0 Å². The van der Waals surface area contributed by atoms with Crippen LogP contribution in [0.1, 0.15) is 32.4 Å². The largest absolute Gasteiger partial charge is 0.502 e. The van der Waals surface area contributed by atoms with E-state index in [2.05, 4.69) is 15.4 Å². The zero-order valence-electron chi connectivity index (χ0n) is 14.3. The van der Waals surface area contributed by atoms with E-state index in [1.807, 2.05) is 0 Å². The van der Waals surface area contributed by atoms with Gasteiger partial charge in [-0.25, -0.2) is 9.48 Å². The number of phenolic OH excluding ortho intramolecular Hbond substituents is 1. The third-order valence-corrected chi connectivity index (χ3v) is 3.87. The summed E-state index contributed by atoms with van der Waals surface area (Å²) in [7, 11) is 0. The highest BCUT2D eigenvalue weighted by atomic mass is 16.6. The Morgan fingerprint density at radius 2 is 2.19 bits per heavy atom. The molecule has 3 rings (SSSR count). The fraction of sp³-hybridized carbons (Fsp3) is 0.312. The number of fused-ring (bicyclic) bond motifs is 1. The molecule has 1 atom stereocenters. The molecule has 0 spiro atoms. The number of nitrogens with zero attached hydrogens (tertiary/aromatic N) is 4. The Labute approximate surface area is 148 Å². The van der Waals surface area contributed by atoms with Crippen LogP contribution in [0.25, 0.3) is 0 Å². The fourth-order valence-electron chi connectivity index (χ4n) is 2.80. The summed E-state index contributed by atoms with van der Waals surface area (Å²) in [6, 6.07) is 3.15. The molecular weight excluding hydrogens is 342 g/mol. The van der Waals surface area contributed by atoms with Crippen molar-refractivity contribution < 1.29 is 19.6 Å². The molecule has 1 aromatic carbocycles. The first kappa shape index (κ1) is 17.4. The summed E-state index contributed by atoms with van der Waals surface area (Å²) in [6.07, 6.45) is 0.975. The maximum atomic E-state index is 12.7. The zero-order chi connectivity index (χ0) is 19.0. The van der Waals surface area contributed by atoms with Gasteiger partial charge >= 0.3 is 11.7 Å². The number of phenols is 1. The summed E-state index contributed by atoms with van der Waals surface area (Å²) in [5.74, 6) is -0.630. The van der Waals surface area contributed by atoms with E-state index in [0.717, 1.165) is 0 Å². The second kappa shape index (κ2) is 6.47. The number of carbonyl (C=O) groups is 1. The van der Waals surface area contributed by atoms with Crippen LogP contribution in [0.2, 0.25) is 0 Å². The first-order valence-corrected chi connectivity index (χ1v) is 7.85. The van der Waals surface area contributed by atoms with E-state index in [4.69, 9.17) is 4.74 Å². The number of esters is 1. The third-order valence-electron chi connectivity index (χ3n) is 3.87. The molecule has 0 saturated heterocycles. The van der Waals surface area contributed by atoms with Gasteiger partial charge in [-0.2, -0.15) is 10.1 Å². The van der Waals surface area contributed by atoms with Crippen LogP contribution in [0.15, 0.2) is 35.8 Å². The van der Waals surface area contributed by atoms with Crippen molar-refractivity contribution in [2.75, 3.05) is 5.32 Å². The van der Waals surface area contributed by atoms with Gasteiger partial charge in [0.2, 0.25) is 5.95 Å². The van der Waals surface area contributed by atoms with E-state index < -0.39 is 28.4 Å². The number of aromatic hydroxyl groups is 1. The molecule has 0 amide bonds. The lowest BCUT2D eigenvalue weighted by Gasteiger charge is -2.28. The maximum absolute atomic E-state index is 12.7. The van der Waals surface area contributed by atoms with Gasteiger partial charge in [0, 0.05) is 11.8 Å². The highest BCUT2D eigenvalue weighted by Crippen LogP contribution is 2.38. The molecule has 1 aliphatic rings. The van der Waals surface area contributed by atoms with Gasteiger partial charge in [-0.1, -0.05) is 6.07 Å². The fourth-order valence-corrected chi connectivity index (χ4v) is 2.80. The Balaban J connectivity index is 2.17. The number of nitrogens with one attached hydrogen (secondary N) is 1. The molecule has 0 aliphatic carbocycles. The number of aromatic nitrogens is 3. The molecule has 1 aromatic heterocycles. The van der Waals surface area contributed by atoms with Crippen LogP contribution in [0.5, 0.6) is 5.75 Å². The number of hydrogen-bond donors (Lipinski definition) is 2. The van der Waals surface area contributed by atoms with Gasteiger partial charge in [-0.3, -0.25) is 10.1 Å². The molecule has 2 N–H and O–H groups in total. The summed E-state index contributed by atoms with van der Waals surface area (Å²) in [5.41, 5.74) is 0.711. The third kappa shape index (κ3) is 2.96. The molecule has 2 heterocycles. The second-order valence-electron chi connectivity index (χ2n) is 6.05. The van der Waals surface area contributed by atoms with Crippen molar-refractivity contribution in [3.8, 4) is 5.75 Å². The summed E-state index contributed by atoms with van der Waals surface area (Å²) < 4.78 is 6.77. The summed E-state index contributed by atoms with van der Waals surface area (Å²) >= 11 is 0. The summed E-state index contributed by atoms with van der Waals surface area (Å²) in [4.78, 5) is 27.2. The monoisotopic (exact) mass is 359 g/mol. The van der Waals surface area contributed by atoms with E-state index in [-0.39, 0.29) is 11.7 Å². The van der Waals surface area contributed by atoms with E-state index in [1.54, 1.807) is 20.8 Å². The Morgan fingerprint density at radius 1 is 1.46 bits per heavy atom. The lowest BCUT2D eigenvalue weighted by atomic mass is 9.95. The lowest BCUT2D eigenvalue weighted by Crippen LogP contribution is -2.30. The molecule has 0 fully saturated rings. The SMILES string of the molecule is CC1=C(C(=O)OC(C)C)[C@@H](c2ccc(O)c([N+](=O)[O-])c2)n2ncnc2N1. The van der Waals surface area contributed by atoms with Crippen molar-refractivity contribution in [3.05, 3.63) is 51.5 Å². The predicted molar refractivity (Wildman–Crippen MR) is 90.5 cm³/mol. The molecule has 0 unspecified atom stereocenters. The number of ether oxygens (including phenoxy) is 1. The quantitative estimate of drug-likeness (QED) is 0.482. The second-order valence-corrected chi connectivity index (χ2v) is 6.05.